The van der Waals surface area contributed by atoms with Crippen LogP contribution in [-0.2, 0) is 0 Å². The molecule has 0 spiro atoms. The SMILES string of the molecule is Cc1ocnc1-c1noc([C@@H]2C[C@H]2C)n1. The number of nitrogens with zero attached hydrogens (tertiary/aromatic N) is 3. The van der Waals surface area contributed by atoms with Gasteiger partial charge in [0.1, 0.15) is 5.76 Å². The molecule has 0 amide bonds. The maximum absolute atomic E-state index is 5.20. The quantitative estimate of drug-likeness (QED) is 0.751. The lowest BCUT2D eigenvalue weighted by atomic mass is 10.3. The molecule has 2 heterocycles. The van der Waals surface area contributed by atoms with E-state index in [9.17, 15) is 0 Å². The van der Waals surface area contributed by atoms with Crippen molar-refractivity contribution >= 4 is 0 Å². The minimum atomic E-state index is 0.443. The molecule has 0 aliphatic heterocycles. The average molecular weight is 205 g/mol. The molecule has 1 saturated carbocycles. The van der Waals surface area contributed by atoms with Gasteiger partial charge in [-0.05, 0) is 19.3 Å². The maximum Gasteiger partial charge on any atom is 0.230 e. The van der Waals surface area contributed by atoms with E-state index in [0.717, 1.165) is 12.3 Å². The topological polar surface area (TPSA) is 65.0 Å². The van der Waals surface area contributed by atoms with Crippen molar-refractivity contribution in [3.05, 3.63) is 18.0 Å². The second-order valence-electron chi connectivity index (χ2n) is 4.03. The lowest BCUT2D eigenvalue weighted by molar-refractivity contribution is 0.376. The highest BCUT2D eigenvalue weighted by Crippen LogP contribution is 2.46. The average Bonchev–Trinajstić information content (AvgIpc) is 2.69. The molecule has 3 rings (SSSR count). The van der Waals surface area contributed by atoms with Crippen molar-refractivity contribution < 1.29 is 8.94 Å². The van der Waals surface area contributed by atoms with Gasteiger partial charge in [-0.2, -0.15) is 4.98 Å². The van der Waals surface area contributed by atoms with Crippen molar-refractivity contribution in [2.24, 2.45) is 5.92 Å². The zero-order chi connectivity index (χ0) is 10.4. The van der Waals surface area contributed by atoms with Crippen LogP contribution in [0.1, 0.15) is 30.9 Å². The Hall–Kier alpha value is -1.65. The highest BCUT2D eigenvalue weighted by atomic mass is 16.5. The molecular weight excluding hydrogens is 194 g/mol. The predicted octanol–water partition coefficient (Wildman–Crippen LogP) is 2.16. The van der Waals surface area contributed by atoms with Gasteiger partial charge in [0, 0.05) is 5.92 Å². The second-order valence-corrected chi connectivity index (χ2v) is 4.03. The Kier molecular flexibility index (Phi) is 1.68. The number of hydrogen-bond donors (Lipinski definition) is 0. The fraction of sp³-hybridized carbons (Fsp3) is 0.500. The van der Waals surface area contributed by atoms with Crippen LogP contribution in [0.3, 0.4) is 0 Å². The summed E-state index contributed by atoms with van der Waals surface area (Å²) in [5.74, 6) is 3.07. The fourth-order valence-corrected chi connectivity index (χ4v) is 1.67. The molecule has 78 valence electrons. The van der Waals surface area contributed by atoms with E-state index in [1.54, 1.807) is 0 Å². The molecule has 0 aromatic carbocycles. The molecular formula is C10H11N3O2. The highest BCUT2D eigenvalue weighted by Gasteiger charge is 2.39. The Morgan fingerprint density at radius 1 is 1.47 bits per heavy atom. The van der Waals surface area contributed by atoms with Gasteiger partial charge >= 0.3 is 0 Å². The number of aromatic nitrogens is 3. The van der Waals surface area contributed by atoms with Crippen LogP contribution in [0.2, 0.25) is 0 Å². The number of oxazole rings is 1. The molecule has 0 unspecified atom stereocenters. The first-order valence-electron chi connectivity index (χ1n) is 5.00. The van der Waals surface area contributed by atoms with E-state index in [4.69, 9.17) is 8.94 Å². The third-order valence-corrected chi connectivity index (χ3v) is 2.82. The maximum atomic E-state index is 5.20. The van der Waals surface area contributed by atoms with Crippen molar-refractivity contribution in [1.82, 2.24) is 15.1 Å². The molecule has 1 fully saturated rings. The summed E-state index contributed by atoms with van der Waals surface area (Å²) in [6.07, 6.45) is 2.53. The standard InChI is InChI=1S/C10H11N3O2/c1-5-3-7(5)10-12-9(13-15-10)8-6(2)14-4-11-8/h4-5,7H,3H2,1-2H3/t5-,7-/m1/s1. The first-order chi connectivity index (χ1) is 7.25. The molecule has 0 saturated heterocycles. The van der Waals surface area contributed by atoms with Crippen LogP contribution in [0.15, 0.2) is 15.3 Å². The largest absolute Gasteiger partial charge is 0.448 e. The molecule has 1 aliphatic carbocycles. The molecule has 1 aliphatic rings. The summed E-state index contributed by atoms with van der Waals surface area (Å²) in [7, 11) is 0. The molecule has 2 aromatic heterocycles. The Labute approximate surface area is 86.5 Å². The highest BCUT2D eigenvalue weighted by molar-refractivity contribution is 5.50. The Balaban J connectivity index is 1.94. The van der Waals surface area contributed by atoms with Gasteiger partial charge in [0.05, 0.1) is 0 Å². The van der Waals surface area contributed by atoms with Gasteiger partial charge in [-0.25, -0.2) is 4.98 Å². The van der Waals surface area contributed by atoms with Gasteiger partial charge in [-0.15, -0.1) is 0 Å². The van der Waals surface area contributed by atoms with E-state index in [2.05, 4.69) is 22.0 Å². The second kappa shape index (κ2) is 2.92. The normalized spacial score (nSPS) is 24.4. The molecule has 0 N–H and O–H groups in total. The molecule has 5 nitrogen and oxygen atoms in total. The summed E-state index contributed by atoms with van der Waals surface area (Å²) in [6.45, 7) is 4.01. The molecule has 0 radical (unpaired) electrons. The van der Waals surface area contributed by atoms with Crippen LogP contribution < -0.4 is 0 Å². The van der Waals surface area contributed by atoms with Crippen molar-refractivity contribution in [2.45, 2.75) is 26.2 Å². The summed E-state index contributed by atoms with van der Waals surface area (Å²) < 4.78 is 10.3. The number of rotatable bonds is 2. The Morgan fingerprint density at radius 2 is 2.27 bits per heavy atom. The van der Waals surface area contributed by atoms with Crippen LogP contribution >= 0.6 is 0 Å². The minimum Gasteiger partial charge on any atom is -0.448 e. The summed E-state index contributed by atoms with van der Waals surface area (Å²) >= 11 is 0. The molecule has 2 aromatic rings. The van der Waals surface area contributed by atoms with Gasteiger partial charge in [-0.1, -0.05) is 12.1 Å². The van der Waals surface area contributed by atoms with E-state index >= 15 is 0 Å². The lowest BCUT2D eigenvalue weighted by Crippen LogP contribution is -1.84. The van der Waals surface area contributed by atoms with E-state index in [1.807, 2.05) is 6.92 Å². The van der Waals surface area contributed by atoms with Crippen LogP contribution in [-0.4, -0.2) is 15.1 Å². The third-order valence-electron chi connectivity index (χ3n) is 2.82. The smallest absolute Gasteiger partial charge is 0.230 e. The zero-order valence-electron chi connectivity index (χ0n) is 8.60. The van der Waals surface area contributed by atoms with Crippen LogP contribution in [0.25, 0.3) is 11.5 Å². The van der Waals surface area contributed by atoms with Crippen molar-refractivity contribution in [2.75, 3.05) is 0 Å². The predicted molar refractivity (Wildman–Crippen MR) is 51.1 cm³/mol. The minimum absolute atomic E-state index is 0.443. The van der Waals surface area contributed by atoms with Gasteiger partial charge in [0.25, 0.3) is 0 Å². The molecule has 15 heavy (non-hydrogen) atoms. The summed E-state index contributed by atoms with van der Waals surface area (Å²) in [5, 5.41) is 3.91. The van der Waals surface area contributed by atoms with E-state index in [-0.39, 0.29) is 0 Å². The monoisotopic (exact) mass is 205 g/mol. The lowest BCUT2D eigenvalue weighted by Gasteiger charge is -1.86. The zero-order valence-corrected chi connectivity index (χ0v) is 8.60. The fourth-order valence-electron chi connectivity index (χ4n) is 1.67. The number of hydrogen-bond acceptors (Lipinski definition) is 5. The molecule has 5 heteroatoms. The van der Waals surface area contributed by atoms with Crippen LogP contribution in [0, 0.1) is 12.8 Å². The van der Waals surface area contributed by atoms with Crippen molar-refractivity contribution in [1.29, 1.82) is 0 Å². The van der Waals surface area contributed by atoms with E-state index < -0.39 is 0 Å². The first-order valence-corrected chi connectivity index (χ1v) is 5.00. The van der Waals surface area contributed by atoms with Crippen molar-refractivity contribution in [3.8, 4) is 11.5 Å². The van der Waals surface area contributed by atoms with Gasteiger partial charge < -0.3 is 8.94 Å². The van der Waals surface area contributed by atoms with Crippen LogP contribution in [0.5, 0.6) is 0 Å². The Morgan fingerprint density at radius 3 is 2.87 bits per heavy atom. The Bertz CT molecular complexity index is 488. The van der Waals surface area contributed by atoms with Crippen LogP contribution in [0.4, 0.5) is 0 Å². The van der Waals surface area contributed by atoms with Gasteiger partial charge in [0.2, 0.25) is 11.7 Å². The summed E-state index contributed by atoms with van der Waals surface area (Å²) in [4.78, 5) is 8.37. The van der Waals surface area contributed by atoms with Crippen molar-refractivity contribution in [3.63, 3.8) is 0 Å². The molecule has 0 bridgehead atoms. The first kappa shape index (κ1) is 8.64. The van der Waals surface area contributed by atoms with E-state index in [0.29, 0.717) is 29.1 Å². The summed E-state index contributed by atoms with van der Waals surface area (Å²) in [6, 6.07) is 0. The van der Waals surface area contributed by atoms with Gasteiger partial charge in [0.15, 0.2) is 12.1 Å². The van der Waals surface area contributed by atoms with E-state index in [1.165, 1.54) is 6.39 Å². The van der Waals surface area contributed by atoms with Gasteiger partial charge in [-0.3, -0.25) is 0 Å². The third kappa shape index (κ3) is 1.35. The molecule has 2 atom stereocenters. The summed E-state index contributed by atoms with van der Waals surface area (Å²) in [5.41, 5.74) is 0.665. The number of aryl methyl sites for hydroxylation is 1.